The quantitative estimate of drug-likeness (QED) is 0.356. The number of pyridine rings is 1. The van der Waals surface area contributed by atoms with Crippen LogP contribution < -0.4 is 0 Å². The van der Waals surface area contributed by atoms with Gasteiger partial charge >= 0.3 is 0 Å². The first-order valence-corrected chi connectivity index (χ1v) is 11.0. The molecule has 0 radical (unpaired) electrons. The summed E-state index contributed by atoms with van der Waals surface area (Å²) in [7, 11) is 0. The van der Waals surface area contributed by atoms with Gasteiger partial charge in [-0.3, -0.25) is 4.98 Å². The molecule has 0 unspecified atom stereocenters. The maximum Gasteiger partial charge on any atom is 0.132 e. The molecule has 6 rings (SSSR count). The summed E-state index contributed by atoms with van der Waals surface area (Å²) in [6, 6.07) is 12.6. The SMILES string of the molecule is Fc1ccc(Cl)cc1-c1[nH]cnc1-c1ccc2ncc(-c3cnc4n3CCCC4)cc2c1. The van der Waals surface area contributed by atoms with Crippen LogP contribution in [-0.2, 0) is 13.0 Å². The van der Waals surface area contributed by atoms with Crippen molar-refractivity contribution in [3.05, 3.63) is 77.8 Å². The van der Waals surface area contributed by atoms with E-state index in [9.17, 15) is 4.39 Å². The summed E-state index contributed by atoms with van der Waals surface area (Å²) >= 11 is 6.11. The second-order valence-electron chi connectivity index (χ2n) is 8.05. The maximum atomic E-state index is 14.5. The lowest BCUT2D eigenvalue weighted by atomic mass is 10.0. The van der Waals surface area contributed by atoms with Gasteiger partial charge in [0.25, 0.3) is 0 Å². The average Bonchev–Trinajstić information content (AvgIpc) is 3.47. The number of aromatic nitrogens is 5. The van der Waals surface area contributed by atoms with Crippen LogP contribution in [0.4, 0.5) is 4.39 Å². The lowest BCUT2D eigenvalue weighted by molar-refractivity contribution is 0.526. The number of aromatic amines is 1. The second kappa shape index (κ2) is 7.57. The average molecular weight is 444 g/mol. The van der Waals surface area contributed by atoms with Gasteiger partial charge in [-0.2, -0.15) is 0 Å². The molecule has 158 valence electrons. The van der Waals surface area contributed by atoms with Crippen molar-refractivity contribution >= 4 is 22.5 Å². The molecule has 5 nitrogen and oxygen atoms in total. The number of hydrogen-bond donors (Lipinski definition) is 1. The van der Waals surface area contributed by atoms with Crippen molar-refractivity contribution in [2.45, 2.75) is 25.8 Å². The molecule has 0 saturated carbocycles. The van der Waals surface area contributed by atoms with Crippen molar-refractivity contribution < 1.29 is 4.39 Å². The van der Waals surface area contributed by atoms with E-state index in [-0.39, 0.29) is 5.82 Å². The molecule has 0 amide bonds. The van der Waals surface area contributed by atoms with Crippen LogP contribution in [0.5, 0.6) is 0 Å². The minimum atomic E-state index is -0.352. The van der Waals surface area contributed by atoms with E-state index in [1.165, 1.54) is 25.0 Å². The van der Waals surface area contributed by atoms with Crippen molar-refractivity contribution in [2.24, 2.45) is 0 Å². The van der Waals surface area contributed by atoms with E-state index in [0.717, 1.165) is 46.5 Å². The Hall–Kier alpha value is -3.51. The molecular formula is C25H19ClFN5. The molecule has 3 aromatic heterocycles. The van der Waals surface area contributed by atoms with E-state index in [0.29, 0.717) is 22.0 Å². The normalized spacial score (nSPS) is 13.4. The van der Waals surface area contributed by atoms with Gasteiger partial charge in [-0.05, 0) is 49.2 Å². The summed E-state index contributed by atoms with van der Waals surface area (Å²) in [4.78, 5) is 16.8. The summed E-state index contributed by atoms with van der Waals surface area (Å²) in [6.07, 6.45) is 8.80. The Kier molecular flexibility index (Phi) is 4.54. The standard InChI is InChI=1S/C25H19ClFN5/c26-18-5-6-20(27)19(11-18)25-24(30-14-31-25)15-4-7-21-16(9-15)10-17(12-28-21)22-13-29-23-3-1-2-8-32(22)23/h4-7,9-14H,1-3,8H2,(H,30,31). The third-order valence-electron chi connectivity index (χ3n) is 6.06. The van der Waals surface area contributed by atoms with Gasteiger partial charge in [0.2, 0.25) is 0 Å². The zero-order chi connectivity index (χ0) is 21.7. The number of fused-ring (bicyclic) bond motifs is 2. The third-order valence-corrected chi connectivity index (χ3v) is 6.29. The highest BCUT2D eigenvalue weighted by Gasteiger charge is 2.17. The highest BCUT2D eigenvalue weighted by atomic mass is 35.5. The number of hydrogen-bond acceptors (Lipinski definition) is 3. The van der Waals surface area contributed by atoms with Crippen molar-refractivity contribution in [3.8, 4) is 33.8 Å². The largest absolute Gasteiger partial charge is 0.344 e. The van der Waals surface area contributed by atoms with Crippen LogP contribution in [0.25, 0.3) is 44.7 Å². The first-order chi connectivity index (χ1) is 15.7. The maximum absolute atomic E-state index is 14.5. The van der Waals surface area contributed by atoms with Crippen LogP contribution in [0.1, 0.15) is 18.7 Å². The van der Waals surface area contributed by atoms with Crippen molar-refractivity contribution in [1.29, 1.82) is 0 Å². The Morgan fingerprint density at radius 1 is 0.938 bits per heavy atom. The van der Waals surface area contributed by atoms with Crippen LogP contribution in [0.3, 0.4) is 0 Å². The van der Waals surface area contributed by atoms with Gasteiger partial charge < -0.3 is 9.55 Å². The minimum absolute atomic E-state index is 0.352. The molecule has 1 aliphatic heterocycles. The first kappa shape index (κ1) is 19.2. The second-order valence-corrected chi connectivity index (χ2v) is 8.49. The first-order valence-electron chi connectivity index (χ1n) is 10.6. The highest BCUT2D eigenvalue weighted by molar-refractivity contribution is 6.30. The molecule has 7 heteroatoms. The number of halogens is 2. The molecular weight excluding hydrogens is 425 g/mol. The minimum Gasteiger partial charge on any atom is -0.344 e. The van der Waals surface area contributed by atoms with Gasteiger partial charge in [-0.1, -0.05) is 17.7 Å². The lowest BCUT2D eigenvalue weighted by Crippen LogP contribution is -2.11. The van der Waals surface area contributed by atoms with Crippen molar-refractivity contribution in [2.75, 3.05) is 0 Å². The fraction of sp³-hybridized carbons (Fsp3) is 0.160. The summed E-state index contributed by atoms with van der Waals surface area (Å²) in [5.41, 5.74) is 5.56. The van der Waals surface area contributed by atoms with Crippen LogP contribution >= 0.6 is 11.6 Å². The lowest BCUT2D eigenvalue weighted by Gasteiger charge is -2.16. The van der Waals surface area contributed by atoms with Crippen LogP contribution in [0, 0.1) is 5.82 Å². The molecule has 0 bridgehead atoms. The van der Waals surface area contributed by atoms with Gasteiger partial charge in [0.15, 0.2) is 0 Å². The predicted molar refractivity (Wildman–Crippen MR) is 124 cm³/mol. The van der Waals surface area contributed by atoms with Crippen LogP contribution in [0.2, 0.25) is 5.02 Å². The molecule has 1 aliphatic rings. The van der Waals surface area contributed by atoms with Gasteiger partial charge in [-0.15, -0.1) is 0 Å². The Labute approximate surface area is 188 Å². The van der Waals surface area contributed by atoms with E-state index < -0.39 is 0 Å². The third kappa shape index (κ3) is 3.19. The zero-order valence-electron chi connectivity index (χ0n) is 17.1. The van der Waals surface area contributed by atoms with Gasteiger partial charge in [0.05, 0.1) is 35.1 Å². The van der Waals surface area contributed by atoms with Crippen molar-refractivity contribution in [1.82, 2.24) is 24.5 Å². The molecule has 4 heterocycles. The molecule has 0 aliphatic carbocycles. The Balaban J connectivity index is 1.45. The number of rotatable bonds is 3. The van der Waals surface area contributed by atoms with Gasteiger partial charge in [-0.25, -0.2) is 14.4 Å². The summed E-state index contributed by atoms with van der Waals surface area (Å²) in [5.74, 6) is 0.792. The number of aryl methyl sites for hydroxylation is 1. The molecule has 2 aromatic carbocycles. The summed E-state index contributed by atoms with van der Waals surface area (Å²) in [6.45, 7) is 0.991. The fourth-order valence-corrected chi connectivity index (χ4v) is 4.65. The molecule has 0 saturated heterocycles. The van der Waals surface area contributed by atoms with Crippen LogP contribution in [-0.4, -0.2) is 24.5 Å². The van der Waals surface area contributed by atoms with Crippen molar-refractivity contribution in [3.63, 3.8) is 0 Å². The fourth-order valence-electron chi connectivity index (χ4n) is 4.47. The Morgan fingerprint density at radius 3 is 2.78 bits per heavy atom. The number of nitrogens with one attached hydrogen (secondary N) is 1. The van der Waals surface area contributed by atoms with Gasteiger partial charge in [0.1, 0.15) is 11.6 Å². The molecule has 5 aromatic rings. The summed E-state index contributed by atoms with van der Waals surface area (Å²) in [5, 5.41) is 1.46. The Morgan fingerprint density at radius 2 is 1.84 bits per heavy atom. The number of nitrogens with zero attached hydrogens (tertiary/aromatic N) is 4. The molecule has 0 fully saturated rings. The van der Waals surface area contributed by atoms with E-state index in [4.69, 9.17) is 11.6 Å². The predicted octanol–water partition coefficient (Wildman–Crippen LogP) is 6.28. The zero-order valence-corrected chi connectivity index (χ0v) is 17.9. The number of benzene rings is 2. The molecule has 0 atom stereocenters. The summed E-state index contributed by atoms with van der Waals surface area (Å²) < 4.78 is 16.8. The Bertz CT molecular complexity index is 1470. The van der Waals surface area contributed by atoms with Gasteiger partial charge in [0, 0.05) is 46.3 Å². The number of imidazole rings is 2. The smallest absolute Gasteiger partial charge is 0.132 e. The van der Waals surface area contributed by atoms with E-state index >= 15 is 0 Å². The molecule has 32 heavy (non-hydrogen) atoms. The van der Waals surface area contributed by atoms with E-state index in [1.807, 2.05) is 30.6 Å². The van der Waals surface area contributed by atoms with E-state index in [2.05, 4.69) is 30.6 Å². The molecule has 0 spiro atoms. The monoisotopic (exact) mass is 443 g/mol. The highest BCUT2D eigenvalue weighted by Crippen LogP contribution is 2.34. The topological polar surface area (TPSA) is 59.4 Å². The van der Waals surface area contributed by atoms with Crippen LogP contribution in [0.15, 0.2) is 61.2 Å². The number of H-pyrrole nitrogens is 1. The van der Waals surface area contributed by atoms with E-state index in [1.54, 1.807) is 12.4 Å². The molecule has 1 N–H and O–H groups in total.